The Morgan fingerprint density at radius 3 is 2.23 bits per heavy atom. The number of aryl methyl sites for hydroxylation is 2. The Bertz CT molecular complexity index is 226. The monoisotopic (exact) mass is 180 g/mol. The van der Waals surface area contributed by atoms with E-state index in [1.165, 1.54) is 11.1 Å². The molecule has 0 fully saturated rings. The van der Waals surface area contributed by atoms with Gasteiger partial charge in [-0.05, 0) is 18.9 Å². The molecule has 0 aliphatic rings. The van der Waals surface area contributed by atoms with Gasteiger partial charge in [-0.2, -0.15) is 0 Å². The molecule has 2 nitrogen and oxygen atoms in total. The van der Waals surface area contributed by atoms with Gasteiger partial charge in [0.2, 0.25) is 0 Å². The van der Waals surface area contributed by atoms with Crippen molar-refractivity contribution < 1.29 is 9.90 Å². The first-order chi connectivity index (χ1) is 6.33. The first kappa shape index (κ1) is 11.8. The van der Waals surface area contributed by atoms with Gasteiger partial charge >= 0.3 is 0 Å². The molecule has 0 aromatic heterocycles. The van der Waals surface area contributed by atoms with Crippen LogP contribution < -0.4 is 0 Å². The smallest absolute Gasteiger partial charge is 0.120 e. The standard InChI is InChI=1S/C10H12O.CH4O/c1-9-4-6-10(7-5-9)3-2-8-11;1-2/h4-8H,2-3H2,1H3;2H,1H3. The van der Waals surface area contributed by atoms with E-state index in [1.807, 2.05) is 0 Å². The maximum Gasteiger partial charge on any atom is 0.120 e. The lowest BCUT2D eigenvalue weighted by molar-refractivity contribution is -0.107. The summed E-state index contributed by atoms with van der Waals surface area (Å²) in [4.78, 5) is 10.0. The molecule has 1 rings (SSSR count). The molecular weight excluding hydrogens is 164 g/mol. The van der Waals surface area contributed by atoms with Crippen LogP contribution >= 0.6 is 0 Å². The number of hydrogen-bond donors (Lipinski definition) is 1. The Balaban J connectivity index is 0.000000671. The first-order valence-electron chi connectivity index (χ1n) is 4.27. The largest absolute Gasteiger partial charge is 0.400 e. The maximum absolute atomic E-state index is 10.0. The number of aldehydes is 1. The summed E-state index contributed by atoms with van der Waals surface area (Å²) >= 11 is 0. The van der Waals surface area contributed by atoms with Gasteiger partial charge in [0.05, 0.1) is 0 Å². The molecule has 0 saturated heterocycles. The first-order valence-corrected chi connectivity index (χ1v) is 4.27. The van der Waals surface area contributed by atoms with Crippen LogP contribution in [0.1, 0.15) is 17.5 Å². The molecule has 0 atom stereocenters. The minimum atomic E-state index is 0.628. The predicted octanol–water partition coefficient (Wildman–Crippen LogP) is 1.74. The third kappa shape index (κ3) is 5.15. The second-order valence-electron chi connectivity index (χ2n) is 2.69. The van der Waals surface area contributed by atoms with Crippen molar-refractivity contribution in [3.05, 3.63) is 35.4 Å². The van der Waals surface area contributed by atoms with Crippen LogP contribution in [0.15, 0.2) is 24.3 Å². The van der Waals surface area contributed by atoms with Gasteiger partial charge in [0, 0.05) is 13.5 Å². The lowest BCUT2D eigenvalue weighted by atomic mass is 10.1. The van der Waals surface area contributed by atoms with Crippen LogP contribution in [0.5, 0.6) is 0 Å². The Morgan fingerprint density at radius 2 is 1.77 bits per heavy atom. The fourth-order valence-corrected chi connectivity index (χ4v) is 0.980. The van der Waals surface area contributed by atoms with E-state index in [2.05, 4.69) is 31.2 Å². The number of carbonyl (C=O) groups is 1. The van der Waals surface area contributed by atoms with Crippen molar-refractivity contribution in [3.8, 4) is 0 Å². The molecule has 1 N–H and O–H groups in total. The molecule has 1 aromatic rings. The zero-order valence-electron chi connectivity index (χ0n) is 8.16. The van der Waals surface area contributed by atoms with Gasteiger partial charge in [-0.3, -0.25) is 0 Å². The zero-order chi connectivity index (χ0) is 10.1. The highest BCUT2D eigenvalue weighted by Gasteiger charge is 1.90. The molecule has 0 saturated carbocycles. The second kappa shape index (κ2) is 7.50. The third-order valence-corrected chi connectivity index (χ3v) is 1.67. The number of carbonyl (C=O) groups excluding carboxylic acids is 1. The molecule has 0 amide bonds. The minimum absolute atomic E-state index is 0.628. The minimum Gasteiger partial charge on any atom is -0.400 e. The number of benzene rings is 1. The van der Waals surface area contributed by atoms with Crippen LogP contribution in [0, 0.1) is 6.92 Å². The van der Waals surface area contributed by atoms with Gasteiger partial charge in [-0.15, -0.1) is 0 Å². The van der Waals surface area contributed by atoms with Crippen LogP contribution in [0.2, 0.25) is 0 Å². The van der Waals surface area contributed by atoms with Crippen molar-refractivity contribution in [1.82, 2.24) is 0 Å². The summed E-state index contributed by atoms with van der Waals surface area (Å²) in [7, 11) is 1.00. The second-order valence-corrected chi connectivity index (χ2v) is 2.69. The normalized spacial score (nSPS) is 8.54. The van der Waals surface area contributed by atoms with Gasteiger partial charge in [-0.1, -0.05) is 29.8 Å². The van der Waals surface area contributed by atoms with Crippen LogP contribution in [0.4, 0.5) is 0 Å². The third-order valence-electron chi connectivity index (χ3n) is 1.67. The van der Waals surface area contributed by atoms with Crippen molar-refractivity contribution in [2.45, 2.75) is 19.8 Å². The van der Waals surface area contributed by atoms with E-state index >= 15 is 0 Å². The molecule has 1 aromatic carbocycles. The molecule has 2 heteroatoms. The summed E-state index contributed by atoms with van der Waals surface area (Å²) < 4.78 is 0. The van der Waals surface area contributed by atoms with E-state index in [1.54, 1.807) is 0 Å². The maximum atomic E-state index is 10.0. The van der Waals surface area contributed by atoms with Crippen molar-refractivity contribution in [2.75, 3.05) is 7.11 Å². The Labute approximate surface area is 79.2 Å². The summed E-state index contributed by atoms with van der Waals surface area (Å²) in [5.74, 6) is 0. The van der Waals surface area contributed by atoms with Crippen LogP contribution in [-0.4, -0.2) is 18.5 Å². The number of hydrogen-bond acceptors (Lipinski definition) is 2. The molecule has 0 heterocycles. The number of rotatable bonds is 3. The summed E-state index contributed by atoms with van der Waals surface area (Å²) in [6.45, 7) is 2.06. The van der Waals surface area contributed by atoms with E-state index in [0.717, 1.165) is 19.8 Å². The highest BCUT2D eigenvalue weighted by Crippen LogP contribution is 2.04. The van der Waals surface area contributed by atoms with E-state index in [9.17, 15) is 4.79 Å². The molecule has 0 bridgehead atoms. The number of aliphatic hydroxyl groups is 1. The molecule has 0 aliphatic heterocycles. The van der Waals surface area contributed by atoms with E-state index in [-0.39, 0.29) is 0 Å². The highest BCUT2D eigenvalue weighted by molar-refractivity contribution is 5.50. The van der Waals surface area contributed by atoms with Crippen LogP contribution in [-0.2, 0) is 11.2 Å². The van der Waals surface area contributed by atoms with Gasteiger partial charge in [0.1, 0.15) is 6.29 Å². The van der Waals surface area contributed by atoms with Crippen molar-refractivity contribution >= 4 is 6.29 Å². The van der Waals surface area contributed by atoms with E-state index < -0.39 is 0 Å². The van der Waals surface area contributed by atoms with Crippen molar-refractivity contribution in [3.63, 3.8) is 0 Å². The average molecular weight is 180 g/mol. The molecule has 13 heavy (non-hydrogen) atoms. The fraction of sp³-hybridized carbons (Fsp3) is 0.364. The zero-order valence-corrected chi connectivity index (χ0v) is 8.16. The van der Waals surface area contributed by atoms with Crippen LogP contribution in [0.25, 0.3) is 0 Å². The number of aliphatic hydroxyl groups excluding tert-OH is 1. The lowest BCUT2D eigenvalue weighted by Gasteiger charge is -1.96. The van der Waals surface area contributed by atoms with Gasteiger partial charge in [0.15, 0.2) is 0 Å². The SMILES string of the molecule is CO.Cc1ccc(CCC=O)cc1. The predicted molar refractivity (Wildman–Crippen MR) is 53.7 cm³/mol. The lowest BCUT2D eigenvalue weighted by Crippen LogP contribution is -1.85. The molecule has 72 valence electrons. The summed E-state index contributed by atoms with van der Waals surface area (Å²) in [6.07, 6.45) is 2.45. The van der Waals surface area contributed by atoms with E-state index in [4.69, 9.17) is 5.11 Å². The molecule has 0 aliphatic carbocycles. The average Bonchev–Trinajstić information content (AvgIpc) is 2.20. The topological polar surface area (TPSA) is 37.3 Å². The Hall–Kier alpha value is -1.15. The Kier molecular flexibility index (Phi) is 6.83. The van der Waals surface area contributed by atoms with Gasteiger partial charge in [-0.25, -0.2) is 0 Å². The Morgan fingerprint density at radius 1 is 1.23 bits per heavy atom. The molecule has 0 radical (unpaired) electrons. The van der Waals surface area contributed by atoms with Crippen molar-refractivity contribution in [1.29, 1.82) is 0 Å². The quantitative estimate of drug-likeness (QED) is 0.719. The molecule has 0 spiro atoms. The summed E-state index contributed by atoms with van der Waals surface area (Å²) in [5.41, 5.74) is 2.50. The highest BCUT2D eigenvalue weighted by atomic mass is 16.2. The van der Waals surface area contributed by atoms with Gasteiger partial charge < -0.3 is 9.90 Å². The fourth-order valence-electron chi connectivity index (χ4n) is 0.980. The molecular formula is C11H16O2. The summed E-state index contributed by atoms with van der Waals surface area (Å²) in [6, 6.07) is 8.28. The van der Waals surface area contributed by atoms with E-state index in [0.29, 0.717) is 6.42 Å². The summed E-state index contributed by atoms with van der Waals surface area (Å²) in [5, 5.41) is 7.00. The van der Waals surface area contributed by atoms with Gasteiger partial charge in [0.25, 0.3) is 0 Å². The van der Waals surface area contributed by atoms with Crippen molar-refractivity contribution in [2.24, 2.45) is 0 Å². The van der Waals surface area contributed by atoms with Crippen LogP contribution in [0.3, 0.4) is 0 Å². The molecule has 0 unspecified atom stereocenters.